The quantitative estimate of drug-likeness (QED) is 0.0988. The molecule has 0 radical (unpaired) electrons. The molecule has 0 aliphatic heterocycles. The molecular formula is C24H40F12O3Si. The maximum Gasteiger partial charge on any atom is 0.589 e. The highest BCUT2D eigenvalue weighted by Crippen LogP contribution is 2.55. The monoisotopic (exact) mass is 632 g/mol. The zero-order chi connectivity index (χ0) is 31.7. The molecule has 40 heavy (non-hydrogen) atoms. The van der Waals surface area contributed by atoms with E-state index in [2.05, 4.69) is 4.43 Å². The number of hydrogen-bond donors (Lipinski definition) is 0. The lowest BCUT2D eigenvalue weighted by Crippen LogP contribution is -2.76. The van der Waals surface area contributed by atoms with Gasteiger partial charge in [0.05, 0.1) is 11.2 Å². The van der Waals surface area contributed by atoms with Crippen LogP contribution in [0, 0.1) is 0 Å². The molecule has 0 saturated carbocycles. The highest BCUT2D eigenvalue weighted by atomic mass is 28.4. The van der Waals surface area contributed by atoms with Crippen LogP contribution in [0.4, 0.5) is 52.7 Å². The van der Waals surface area contributed by atoms with E-state index in [9.17, 15) is 43.9 Å². The third-order valence-corrected chi connectivity index (χ3v) is 9.42. The van der Waals surface area contributed by atoms with Crippen LogP contribution in [0.3, 0.4) is 0 Å². The molecule has 1 unspecified atom stereocenters. The van der Waals surface area contributed by atoms with E-state index in [1.165, 1.54) is 34.6 Å². The second-order valence-electron chi connectivity index (χ2n) is 10.0. The molecule has 0 heterocycles. The molecule has 0 bridgehead atoms. The molecule has 0 amide bonds. The highest BCUT2D eigenvalue weighted by Gasteiger charge is 2.88. The fourth-order valence-electron chi connectivity index (χ4n) is 5.05. The van der Waals surface area contributed by atoms with Gasteiger partial charge in [0, 0.05) is 6.42 Å². The molecule has 0 fully saturated rings. The summed E-state index contributed by atoms with van der Waals surface area (Å²) in [6, 6.07) is 0. The fraction of sp³-hybridized carbons (Fsp3) is 1.00. The Balaban J connectivity index is 7.84. The number of alkyl halides is 12. The summed E-state index contributed by atoms with van der Waals surface area (Å²) in [5.74, 6) is -7.10. The third kappa shape index (κ3) is 9.92. The summed E-state index contributed by atoms with van der Waals surface area (Å²) >= 11 is 0. The Morgan fingerprint density at radius 1 is 0.525 bits per heavy atom. The minimum absolute atomic E-state index is 0.0676. The maximum atomic E-state index is 15.8. The molecule has 0 aliphatic rings. The lowest BCUT2D eigenvalue weighted by Gasteiger charge is -2.49. The van der Waals surface area contributed by atoms with E-state index in [4.69, 9.17) is 8.85 Å². The van der Waals surface area contributed by atoms with E-state index < -0.39 is 76.1 Å². The van der Waals surface area contributed by atoms with Crippen LogP contribution in [0.5, 0.6) is 0 Å². The van der Waals surface area contributed by atoms with Crippen LogP contribution in [-0.4, -0.2) is 50.4 Å². The van der Waals surface area contributed by atoms with Gasteiger partial charge in [0.25, 0.3) is 0 Å². The Morgan fingerprint density at radius 3 is 1.10 bits per heavy atom. The fourth-order valence-corrected chi connectivity index (χ4v) is 8.15. The standard InChI is InChI=1S/C24H40F12O3Si/c1-6-12-19(13-7-2,14-8-3)37-40(39-24(34,35)36,23(32,33)21(27,28)22(29,30)31)38-20(15-9-4,16-10-5)17-11-18(25)26/h18H,6-17H2,1-5H3. The van der Waals surface area contributed by atoms with Gasteiger partial charge in [-0.3, -0.25) is 4.43 Å². The zero-order valence-electron chi connectivity index (χ0n) is 23.3. The summed E-state index contributed by atoms with van der Waals surface area (Å²) in [7, 11) is -7.61. The first kappa shape index (κ1) is 39.3. The van der Waals surface area contributed by atoms with Gasteiger partial charge in [-0.1, -0.05) is 66.7 Å². The average Bonchev–Trinajstić information content (AvgIpc) is 2.76. The Labute approximate surface area is 228 Å². The largest absolute Gasteiger partial charge is 0.589 e. The zero-order valence-corrected chi connectivity index (χ0v) is 24.3. The minimum Gasteiger partial charge on any atom is -0.364 e. The van der Waals surface area contributed by atoms with Gasteiger partial charge in [-0.15, -0.1) is 13.2 Å². The predicted octanol–water partition coefficient (Wildman–Crippen LogP) is 10.4. The SMILES string of the molecule is CCCC(CCC)(CCC)O[Si](OC(F)(F)F)(OC(CCC)(CCC)CCC(F)F)C(F)(F)C(F)(F)C(F)(F)F. The molecule has 3 nitrogen and oxygen atoms in total. The summed E-state index contributed by atoms with van der Waals surface area (Å²) in [4.78, 5) is 0. The lowest BCUT2D eigenvalue weighted by atomic mass is 9.88. The van der Waals surface area contributed by atoms with Crippen molar-refractivity contribution >= 4 is 8.80 Å². The van der Waals surface area contributed by atoms with Gasteiger partial charge < -0.3 is 8.85 Å². The molecule has 0 aromatic rings. The van der Waals surface area contributed by atoms with Crippen molar-refractivity contribution in [2.75, 3.05) is 0 Å². The van der Waals surface area contributed by atoms with E-state index in [0.717, 1.165) is 0 Å². The Morgan fingerprint density at radius 2 is 0.850 bits per heavy atom. The van der Waals surface area contributed by atoms with Crippen molar-refractivity contribution in [1.82, 2.24) is 0 Å². The van der Waals surface area contributed by atoms with Crippen molar-refractivity contribution in [2.45, 2.75) is 153 Å². The van der Waals surface area contributed by atoms with Crippen LogP contribution >= 0.6 is 0 Å². The van der Waals surface area contributed by atoms with Gasteiger partial charge in [-0.2, -0.15) is 30.7 Å². The van der Waals surface area contributed by atoms with E-state index in [1.807, 2.05) is 0 Å². The van der Waals surface area contributed by atoms with Crippen LogP contribution in [0.25, 0.3) is 0 Å². The Bertz CT molecular complexity index is 708. The summed E-state index contributed by atoms with van der Waals surface area (Å²) in [6.45, 7) is 7.25. The van der Waals surface area contributed by atoms with Gasteiger partial charge in [-0.25, -0.2) is 8.78 Å². The number of rotatable bonds is 20. The minimum atomic E-state index is -7.61. The molecule has 16 heteroatoms. The van der Waals surface area contributed by atoms with E-state index in [-0.39, 0.29) is 51.4 Å². The van der Waals surface area contributed by atoms with Crippen molar-refractivity contribution in [1.29, 1.82) is 0 Å². The smallest absolute Gasteiger partial charge is 0.364 e. The second-order valence-corrected chi connectivity index (χ2v) is 12.4. The molecule has 0 saturated heterocycles. The predicted molar refractivity (Wildman–Crippen MR) is 126 cm³/mol. The topological polar surface area (TPSA) is 27.7 Å². The number of halogens is 12. The maximum absolute atomic E-state index is 15.8. The van der Waals surface area contributed by atoms with Crippen molar-refractivity contribution in [3.8, 4) is 0 Å². The lowest BCUT2D eigenvalue weighted by molar-refractivity contribution is -0.366. The van der Waals surface area contributed by atoms with E-state index >= 15 is 8.78 Å². The summed E-state index contributed by atoms with van der Waals surface area (Å²) in [5.41, 5.74) is -11.2. The van der Waals surface area contributed by atoms with Crippen molar-refractivity contribution in [3.05, 3.63) is 0 Å². The molecule has 0 aromatic carbocycles. The third-order valence-electron chi connectivity index (χ3n) is 6.43. The summed E-state index contributed by atoms with van der Waals surface area (Å²) < 4.78 is 183. The first-order valence-electron chi connectivity index (χ1n) is 13.4. The molecule has 0 rings (SSSR count). The van der Waals surface area contributed by atoms with Crippen molar-refractivity contribution in [2.24, 2.45) is 0 Å². The molecule has 0 aliphatic carbocycles. The first-order valence-corrected chi connectivity index (χ1v) is 15.1. The Hall–Kier alpha value is -0.743. The molecule has 0 N–H and O–H groups in total. The van der Waals surface area contributed by atoms with Crippen molar-refractivity contribution < 1.29 is 66.0 Å². The summed E-state index contributed by atoms with van der Waals surface area (Å²) in [6.07, 6.45) is -20.3. The first-order chi connectivity index (χ1) is 18.1. The second kappa shape index (κ2) is 15.1. The van der Waals surface area contributed by atoms with Crippen LogP contribution in [0.2, 0.25) is 0 Å². The normalized spacial score (nSPS) is 16.1. The van der Waals surface area contributed by atoms with Crippen molar-refractivity contribution in [3.63, 3.8) is 0 Å². The van der Waals surface area contributed by atoms with E-state index in [1.54, 1.807) is 0 Å². The van der Waals surface area contributed by atoms with Crippen LogP contribution in [-0.2, 0) is 13.3 Å². The van der Waals surface area contributed by atoms with Gasteiger partial charge in [0.15, 0.2) is 0 Å². The molecule has 0 spiro atoms. The molecule has 1 atom stereocenters. The van der Waals surface area contributed by atoms with Gasteiger partial charge in [0.2, 0.25) is 6.43 Å². The molecule has 242 valence electrons. The summed E-state index contributed by atoms with van der Waals surface area (Å²) in [5, 5.41) is 0. The molecule has 0 aromatic heterocycles. The van der Waals surface area contributed by atoms with Gasteiger partial charge in [0.1, 0.15) is 0 Å². The van der Waals surface area contributed by atoms with Crippen LogP contribution < -0.4 is 0 Å². The average molecular weight is 633 g/mol. The van der Waals surface area contributed by atoms with E-state index in [0.29, 0.717) is 0 Å². The van der Waals surface area contributed by atoms with Crippen LogP contribution in [0.15, 0.2) is 0 Å². The van der Waals surface area contributed by atoms with Gasteiger partial charge >= 0.3 is 32.8 Å². The van der Waals surface area contributed by atoms with Crippen LogP contribution in [0.1, 0.15) is 112 Å². The molecular weight excluding hydrogens is 592 g/mol. The Kier molecular flexibility index (Phi) is 14.8. The number of hydrogen-bond acceptors (Lipinski definition) is 3. The highest BCUT2D eigenvalue weighted by molar-refractivity contribution is 6.64. The van der Waals surface area contributed by atoms with Gasteiger partial charge in [-0.05, 0) is 38.5 Å².